The maximum atomic E-state index is 13.3. The Morgan fingerprint density at radius 3 is 2.96 bits per heavy atom. The summed E-state index contributed by atoms with van der Waals surface area (Å²) < 4.78 is 13.3. The highest BCUT2D eigenvalue weighted by Gasteiger charge is 2.31. The summed E-state index contributed by atoms with van der Waals surface area (Å²) in [7, 11) is 0. The summed E-state index contributed by atoms with van der Waals surface area (Å²) in [6.45, 7) is 2.56. The lowest BCUT2D eigenvalue weighted by atomic mass is 9.89. The fourth-order valence-electron chi connectivity index (χ4n) is 3.14. The summed E-state index contributed by atoms with van der Waals surface area (Å²) in [5, 5.41) is 8.88. The maximum Gasteiger partial charge on any atom is 0.228 e. The number of hydrogen-bond acceptors (Lipinski definition) is 3. The topological polar surface area (TPSA) is 70.2 Å². The Morgan fingerprint density at radius 2 is 2.22 bits per heavy atom. The van der Waals surface area contributed by atoms with E-state index in [1.807, 2.05) is 0 Å². The van der Waals surface area contributed by atoms with Crippen LogP contribution >= 0.6 is 12.4 Å². The van der Waals surface area contributed by atoms with Gasteiger partial charge in [-0.1, -0.05) is 6.07 Å². The van der Waals surface area contributed by atoms with E-state index in [0.717, 1.165) is 25.9 Å². The van der Waals surface area contributed by atoms with Gasteiger partial charge in [-0.15, -0.1) is 12.4 Å². The summed E-state index contributed by atoms with van der Waals surface area (Å²) >= 11 is 0. The van der Waals surface area contributed by atoms with Crippen LogP contribution < -0.4 is 16.0 Å². The van der Waals surface area contributed by atoms with E-state index in [4.69, 9.17) is 0 Å². The minimum absolute atomic E-state index is 0. The zero-order valence-corrected chi connectivity index (χ0v) is 13.5. The molecule has 3 rings (SSSR count). The quantitative estimate of drug-likeness (QED) is 0.785. The van der Waals surface area contributed by atoms with Gasteiger partial charge in [0.15, 0.2) is 0 Å². The van der Waals surface area contributed by atoms with Gasteiger partial charge in [0.1, 0.15) is 5.82 Å². The van der Waals surface area contributed by atoms with Gasteiger partial charge in [-0.3, -0.25) is 9.59 Å². The highest BCUT2D eigenvalue weighted by Crippen LogP contribution is 2.32. The number of amides is 2. The zero-order chi connectivity index (χ0) is 15.5. The van der Waals surface area contributed by atoms with Crippen molar-refractivity contribution in [2.45, 2.75) is 25.2 Å². The van der Waals surface area contributed by atoms with Crippen molar-refractivity contribution in [2.24, 2.45) is 5.92 Å². The summed E-state index contributed by atoms with van der Waals surface area (Å²) in [6, 6.07) is 4.16. The molecule has 2 heterocycles. The molecule has 1 fully saturated rings. The number of hydrogen-bond donors (Lipinski definition) is 3. The Bertz CT molecular complexity index is 591. The van der Waals surface area contributed by atoms with E-state index >= 15 is 0 Å². The van der Waals surface area contributed by atoms with Gasteiger partial charge in [0, 0.05) is 18.7 Å². The molecule has 0 aromatic heterocycles. The smallest absolute Gasteiger partial charge is 0.228 e. The fourth-order valence-corrected chi connectivity index (χ4v) is 3.14. The van der Waals surface area contributed by atoms with Crippen molar-refractivity contribution in [1.82, 2.24) is 10.6 Å². The second-order valence-electron chi connectivity index (χ2n) is 5.99. The van der Waals surface area contributed by atoms with Gasteiger partial charge in [0.2, 0.25) is 11.8 Å². The lowest BCUT2D eigenvalue weighted by Crippen LogP contribution is -2.41. The molecule has 2 atom stereocenters. The van der Waals surface area contributed by atoms with Gasteiger partial charge in [-0.2, -0.15) is 0 Å². The van der Waals surface area contributed by atoms with Crippen LogP contribution in [-0.2, 0) is 9.59 Å². The molecule has 0 bridgehead atoms. The third-order valence-corrected chi connectivity index (χ3v) is 4.33. The molecular formula is C16H21ClFN3O2. The Balaban J connectivity index is 0.00000192. The van der Waals surface area contributed by atoms with Crippen LogP contribution in [0.3, 0.4) is 0 Å². The minimum Gasteiger partial charge on any atom is -0.355 e. The molecule has 0 radical (unpaired) electrons. The first-order valence-electron chi connectivity index (χ1n) is 7.71. The van der Waals surface area contributed by atoms with Crippen molar-refractivity contribution in [1.29, 1.82) is 0 Å². The number of benzene rings is 1. The first-order chi connectivity index (χ1) is 10.6. The Hall–Kier alpha value is -1.66. The van der Waals surface area contributed by atoms with Crippen molar-refractivity contribution < 1.29 is 14.0 Å². The molecular weight excluding hydrogens is 321 g/mol. The van der Waals surface area contributed by atoms with Gasteiger partial charge in [-0.25, -0.2) is 4.39 Å². The summed E-state index contributed by atoms with van der Waals surface area (Å²) in [4.78, 5) is 24.2. The summed E-state index contributed by atoms with van der Waals surface area (Å²) in [5.74, 6) is -0.942. The molecule has 23 heavy (non-hydrogen) atoms. The third-order valence-electron chi connectivity index (χ3n) is 4.33. The number of carbonyl (C=O) groups is 2. The maximum absolute atomic E-state index is 13.3. The van der Waals surface area contributed by atoms with Gasteiger partial charge in [0.05, 0.1) is 5.92 Å². The molecule has 1 aromatic carbocycles. The first kappa shape index (κ1) is 17.7. The molecule has 2 unspecified atom stereocenters. The number of halogens is 2. The van der Waals surface area contributed by atoms with Crippen molar-refractivity contribution in [3.05, 3.63) is 29.6 Å². The third kappa shape index (κ3) is 4.20. The molecule has 0 aliphatic carbocycles. The Morgan fingerprint density at radius 1 is 1.39 bits per heavy atom. The fraction of sp³-hybridized carbons (Fsp3) is 0.500. The average molecular weight is 342 g/mol. The van der Waals surface area contributed by atoms with Gasteiger partial charge >= 0.3 is 0 Å². The number of anilines is 1. The predicted octanol–water partition coefficient (Wildman–Crippen LogP) is 1.79. The van der Waals surface area contributed by atoms with E-state index in [2.05, 4.69) is 16.0 Å². The molecule has 1 saturated heterocycles. The van der Waals surface area contributed by atoms with Gasteiger partial charge in [-0.05, 0) is 49.5 Å². The molecule has 2 aliphatic heterocycles. The van der Waals surface area contributed by atoms with Crippen LogP contribution in [-0.4, -0.2) is 31.4 Å². The molecule has 1 aromatic rings. The molecule has 7 heteroatoms. The normalized spacial score (nSPS) is 23.3. The largest absolute Gasteiger partial charge is 0.355 e. The first-order valence-corrected chi connectivity index (χ1v) is 7.71. The summed E-state index contributed by atoms with van der Waals surface area (Å²) in [5.41, 5.74) is 1.08. The monoisotopic (exact) mass is 341 g/mol. The van der Waals surface area contributed by atoms with Gasteiger partial charge in [0.25, 0.3) is 0 Å². The van der Waals surface area contributed by atoms with Crippen LogP contribution in [0.4, 0.5) is 10.1 Å². The lowest BCUT2D eigenvalue weighted by Gasteiger charge is -2.27. The number of carbonyl (C=O) groups excluding carboxylic acids is 2. The van der Waals surface area contributed by atoms with Crippen LogP contribution in [0.15, 0.2) is 18.2 Å². The second kappa shape index (κ2) is 7.75. The SMILES string of the molecule is Cl.O=C1CC(C(=O)NCC2CCCNC2)c2ccc(F)cc2N1. The Labute approximate surface area is 140 Å². The van der Waals surface area contributed by atoms with E-state index < -0.39 is 11.7 Å². The van der Waals surface area contributed by atoms with Crippen LogP contribution in [0.5, 0.6) is 0 Å². The second-order valence-corrected chi connectivity index (χ2v) is 5.99. The average Bonchev–Trinajstić information content (AvgIpc) is 2.52. The molecule has 126 valence electrons. The van der Waals surface area contributed by atoms with E-state index in [0.29, 0.717) is 23.7 Å². The molecule has 3 N–H and O–H groups in total. The highest BCUT2D eigenvalue weighted by atomic mass is 35.5. The number of nitrogens with one attached hydrogen (secondary N) is 3. The van der Waals surface area contributed by atoms with Crippen LogP contribution in [0, 0.1) is 11.7 Å². The minimum atomic E-state index is -0.541. The molecule has 2 amide bonds. The van der Waals surface area contributed by atoms with Crippen molar-refractivity contribution in [2.75, 3.05) is 25.0 Å². The van der Waals surface area contributed by atoms with E-state index in [9.17, 15) is 14.0 Å². The van der Waals surface area contributed by atoms with E-state index in [-0.39, 0.29) is 30.6 Å². The molecule has 0 saturated carbocycles. The molecule has 2 aliphatic rings. The molecule has 5 nitrogen and oxygen atoms in total. The zero-order valence-electron chi connectivity index (χ0n) is 12.7. The van der Waals surface area contributed by atoms with E-state index in [1.54, 1.807) is 6.07 Å². The number of fused-ring (bicyclic) bond motifs is 1. The van der Waals surface area contributed by atoms with E-state index in [1.165, 1.54) is 12.1 Å². The van der Waals surface area contributed by atoms with Gasteiger partial charge < -0.3 is 16.0 Å². The van der Waals surface area contributed by atoms with Crippen LogP contribution in [0.1, 0.15) is 30.7 Å². The molecule has 0 spiro atoms. The Kier molecular flexibility index (Phi) is 5.96. The van der Waals surface area contributed by atoms with Crippen molar-refractivity contribution in [3.8, 4) is 0 Å². The van der Waals surface area contributed by atoms with Crippen LogP contribution in [0.25, 0.3) is 0 Å². The van der Waals surface area contributed by atoms with Crippen molar-refractivity contribution >= 4 is 29.9 Å². The summed E-state index contributed by atoms with van der Waals surface area (Å²) in [6.07, 6.45) is 2.32. The number of piperidine rings is 1. The highest BCUT2D eigenvalue weighted by molar-refractivity contribution is 6.01. The lowest BCUT2D eigenvalue weighted by molar-refractivity contribution is -0.126. The van der Waals surface area contributed by atoms with Crippen LogP contribution in [0.2, 0.25) is 0 Å². The predicted molar refractivity (Wildman–Crippen MR) is 88.2 cm³/mol. The standard InChI is InChI=1S/C16H20FN3O2.ClH/c17-11-3-4-12-13(7-15(21)20-14(12)6-11)16(22)19-9-10-2-1-5-18-8-10;/h3-4,6,10,13,18H,1-2,5,7-9H2,(H,19,22)(H,20,21);1H. The van der Waals surface area contributed by atoms with Crippen molar-refractivity contribution in [3.63, 3.8) is 0 Å². The number of rotatable bonds is 3.